The number of nitrogens with zero attached hydrogens (tertiary/aromatic N) is 4. The molecule has 1 saturated heterocycles. The standard InChI is InChI=1S/C26H42BrN5O3Si/c1-17-21(27)19(16-28)30-22(29-17)32-12-10-26(11-13-32)15-18(35-36(8,9)25(5,6)7)14-20(26)31-23(33)34-24(2,3)4/h18,20H,10-15H2,1-9H3,(H,31,33)/t18?,20-/m1/s1. The Labute approximate surface area is 225 Å². The lowest BCUT2D eigenvalue weighted by Crippen LogP contribution is -2.51. The van der Waals surface area contributed by atoms with Crippen molar-refractivity contribution in [2.75, 3.05) is 18.0 Å². The molecule has 3 rings (SSSR count). The third kappa shape index (κ3) is 6.40. The molecule has 10 heteroatoms. The molecule has 1 saturated carbocycles. The van der Waals surface area contributed by atoms with Crippen LogP contribution in [0.3, 0.4) is 0 Å². The summed E-state index contributed by atoms with van der Waals surface area (Å²) >= 11 is 3.41. The van der Waals surface area contributed by atoms with Crippen LogP contribution in [0.1, 0.15) is 78.6 Å². The third-order valence-corrected chi connectivity index (χ3v) is 13.5. The number of rotatable bonds is 4. The van der Waals surface area contributed by atoms with Crippen molar-refractivity contribution in [3.8, 4) is 6.07 Å². The molecule has 36 heavy (non-hydrogen) atoms. The van der Waals surface area contributed by atoms with Crippen LogP contribution in [-0.4, -0.2) is 55.2 Å². The van der Waals surface area contributed by atoms with Crippen molar-refractivity contribution in [3.63, 3.8) is 0 Å². The molecule has 1 N–H and O–H groups in total. The molecule has 1 aliphatic heterocycles. The van der Waals surface area contributed by atoms with E-state index >= 15 is 0 Å². The van der Waals surface area contributed by atoms with Crippen LogP contribution >= 0.6 is 15.9 Å². The fraction of sp³-hybridized carbons (Fsp3) is 0.769. The Morgan fingerprint density at radius 3 is 2.33 bits per heavy atom. The first-order chi connectivity index (χ1) is 16.5. The summed E-state index contributed by atoms with van der Waals surface area (Å²) in [6, 6.07) is 2.13. The van der Waals surface area contributed by atoms with Crippen molar-refractivity contribution >= 4 is 36.3 Å². The summed E-state index contributed by atoms with van der Waals surface area (Å²) in [6.45, 7) is 20.4. The molecule has 2 aliphatic rings. The number of hydrogen-bond donors (Lipinski definition) is 1. The Morgan fingerprint density at radius 2 is 1.81 bits per heavy atom. The quantitative estimate of drug-likeness (QED) is 0.431. The highest BCUT2D eigenvalue weighted by Crippen LogP contribution is 2.50. The Kier molecular flexibility index (Phi) is 8.19. The van der Waals surface area contributed by atoms with Crippen LogP contribution in [-0.2, 0) is 9.16 Å². The lowest BCUT2D eigenvalue weighted by atomic mass is 9.74. The number of nitriles is 1. The summed E-state index contributed by atoms with van der Waals surface area (Å²) in [5.74, 6) is 0.589. The molecule has 2 heterocycles. The van der Waals surface area contributed by atoms with Crippen LogP contribution in [0, 0.1) is 23.7 Å². The van der Waals surface area contributed by atoms with Crippen LogP contribution in [0.15, 0.2) is 4.47 Å². The van der Waals surface area contributed by atoms with Crippen LogP contribution in [0.2, 0.25) is 18.1 Å². The maximum absolute atomic E-state index is 12.8. The number of hydrogen-bond acceptors (Lipinski definition) is 7. The van der Waals surface area contributed by atoms with Crippen LogP contribution in [0.5, 0.6) is 0 Å². The SMILES string of the molecule is Cc1nc(N2CCC3(CC2)CC(O[Si](C)(C)C(C)(C)C)C[C@H]3NC(=O)OC(C)(C)C)nc(C#N)c1Br. The van der Waals surface area contributed by atoms with E-state index in [0.717, 1.165) is 44.5 Å². The van der Waals surface area contributed by atoms with E-state index in [4.69, 9.17) is 9.16 Å². The number of halogens is 1. The van der Waals surface area contributed by atoms with Gasteiger partial charge in [-0.25, -0.2) is 14.8 Å². The van der Waals surface area contributed by atoms with Gasteiger partial charge in [0.05, 0.1) is 10.2 Å². The van der Waals surface area contributed by atoms with Gasteiger partial charge in [-0.1, -0.05) is 20.8 Å². The van der Waals surface area contributed by atoms with Gasteiger partial charge in [0.15, 0.2) is 14.0 Å². The van der Waals surface area contributed by atoms with Gasteiger partial charge in [0, 0.05) is 25.2 Å². The highest BCUT2D eigenvalue weighted by Gasteiger charge is 2.52. The predicted molar refractivity (Wildman–Crippen MR) is 148 cm³/mol. The summed E-state index contributed by atoms with van der Waals surface area (Å²) in [7, 11) is -1.96. The van der Waals surface area contributed by atoms with Gasteiger partial charge in [-0.05, 0) is 92.9 Å². The van der Waals surface area contributed by atoms with E-state index in [2.05, 4.69) is 76.0 Å². The molecule has 0 radical (unpaired) electrons. The molecule has 1 aromatic rings. The first kappa shape index (κ1) is 28.9. The molecule has 0 bridgehead atoms. The zero-order valence-electron chi connectivity index (χ0n) is 23.3. The number of aryl methyl sites for hydroxylation is 1. The molecule has 8 nitrogen and oxygen atoms in total. The van der Waals surface area contributed by atoms with Crippen molar-refractivity contribution in [1.29, 1.82) is 5.26 Å². The maximum Gasteiger partial charge on any atom is 0.407 e. The second-order valence-electron chi connectivity index (χ2n) is 12.9. The lowest BCUT2D eigenvalue weighted by Gasteiger charge is -2.43. The minimum absolute atomic E-state index is 0.0217. The van der Waals surface area contributed by atoms with E-state index in [9.17, 15) is 10.1 Å². The van der Waals surface area contributed by atoms with E-state index < -0.39 is 13.9 Å². The molecule has 1 amide bonds. The summed E-state index contributed by atoms with van der Waals surface area (Å²) in [5, 5.41) is 12.8. The third-order valence-electron chi connectivity index (χ3n) is 7.98. The van der Waals surface area contributed by atoms with Crippen molar-refractivity contribution in [3.05, 3.63) is 15.9 Å². The van der Waals surface area contributed by atoms with Gasteiger partial charge in [0.2, 0.25) is 5.95 Å². The molecule has 2 fully saturated rings. The highest BCUT2D eigenvalue weighted by atomic mass is 79.9. The molecule has 200 valence electrons. The van der Waals surface area contributed by atoms with Gasteiger partial charge < -0.3 is 19.4 Å². The molecule has 1 aliphatic carbocycles. The lowest BCUT2D eigenvalue weighted by molar-refractivity contribution is 0.0441. The second-order valence-corrected chi connectivity index (χ2v) is 18.4. The number of carbonyl (C=O) groups is 1. The van der Waals surface area contributed by atoms with Gasteiger partial charge in [0.25, 0.3) is 0 Å². The minimum atomic E-state index is -1.96. The van der Waals surface area contributed by atoms with Gasteiger partial charge in [0.1, 0.15) is 11.7 Å². The van der Waals surface area contributed by atoms with Gasteiger partial charge in [-0.2, -0.15) is 5.26 Å². The predicted octanol–water partition coefficient (Wildman–Crippen LogP) is 6.08. The Bertz CT molecular complexity index is 1020. The van der Waals surface area contributed by atoms with Crippen LogP contribution in [0.25, 0.3) is 0 Å². The number of piperidine rings is 1. The normalized spacial score (nSPS) is 22.4. The molecule has 0 aromatic carbocycles. The summed E-state index contributed by atoms with van der Waals surface area (Å²) in [5.41, 5.74) is 0.477. The summed E-state index contributed by atoms with van der Waals surface area (Å²) < 4.78 is 13.1. The Hall–Kier alpha value is -1.70. The molecular formula is C26H42BrN5O3Si. The number of ether oxygens (including phenoxy) is 1. The van der Waals surface area contributed by atoms with Gasteiger partial charge >= 0.3 is 6.09 Å². The first-order valence-electron chi connectivity index (χ1n) is 12.8. The molecule has 1 aromatic heterocycles. The second kappa shape index (κ2) is 10.2. The number of aromatic nitrogens is 2. The van der Waals surface area contributed by atoms with E-state index in [-0.39, 0.29) is 28.7 Å². The molecule has 1 spiro atoms. The Balaban J connectivity index is 1.81. The topological polar surface area (TPSA) is 100 Å². The zero-order chi connectivity index (χ0) is 27.1. The number of amides is 1. The molecular weight excluding hydrogens is 538 g/mol. The highest BCUT2D eigenvalue weighted by molar-refractivity contribution is 9.10. The van der Waals surface area contributed by atoms with E-state index in [1.54, 1.807) is 0 Å². The van der Waals surface area contributed by atoms with E-state index in [0.29, 0.717) is 16.1 Å². The smallest absolute Gasteiger partial charge is 0.407 e. The number of nitrogens with one attached hydrogen (secondary N) is 1. The van der Waals surface area contributed by atoms with Gasteiger partial charge in [-0.3, -0.25) is 0 Å². The summed E-state index contributed by atoms with van der Waals surface area (Å²) in [4.78, 5) is 24.1. The van der Waals surface area contributed by atoms with Gasteiger partial charge in [-0.15, -0.1) is 0 Å². The average Bonchev–Trinajstić information content (AvgIpc) is 3.03. The van der Waals surface area contributed by atoms with Crippen molar-refractivity contribution in [1.82, 2.24) is 15.3 Å². The van der Waals surface area contributed by atoms with Crippen molar-refractivity contribution < 1.29 is 14.0 Å². The van der Waals surface area contributed by atoms with E-state index in [1.165, 1.54) is 0 Å². The number of anilines is 1. The fourth-order valence-electron chi connectivity index (χ4n) is 5.00. The average molecular weight is 581 g/mol. The number of alkyl carbamates (subject to hydrolysis) is 1. The maximum atomic E-state index is 12.8. The Morgan fingerprint density at radius 1 is 1.19 bits per heavy atom. The van der Waals surface area contributed by atoms with Crippen LogP contribution in [0.4, 0.5) is 10.7 Å². The minimum Gasteiger partial charge on any atom is -0.444 e. The molecule has 1 unspecified atom stereocenters. The van der Waals surface area contributed by atoms with E-state index in [1.807, 2.05) is 27.7 Å². The monoisotopic (exact) mass is 579 g/mol. The van der Waals surface area contributed by atoms with Crippen molar-refractivity contribution in [2.45, 2.75) is 110 Å². The fourth-order valence-corrected chi connectivity index (χ4v) is 6.63. The first-order valence-corrected chi connectivity index (χ1v) is 16.5. The van der Waals surface area contributed by atoms with Crippen molar-refractivity contribution in [2.24, 2.45) is 5.41 Å². The summed E-state index contributed by atoms with van der Waals surface area (Å²) in [6.07, 6.45) is 3.20. The zero-order valence-corrected chi connectivity index (χ0v) is 25.9. The number of carbonyl (C=O) groups excluding carboxylic acids is 1. The largest absolute Gasteiger partial charge is 0.444 e. The van der Waals surface area contributed by atoms with Crippen LogP contribution < -0.4 is 10.2 Å². The molecule has 2 atom stereocenters.